The average molecular weight is 227 g/mol. The van der Waals surface area contributed by atoms with Crippen LogP contribution in [0.1, 0.15) is 31.5 Å². The van der Waals surface area contributed by atoms with Crippen LogP contribution in [0.5, 0.6) is 0 Å². The van der Waals surface area contributed by atoms with Gasteiger partial charge in [-0.05, 0) is 24.5 Å². The Labute approximate surface area is 94.3 Å². The fraction of sp³-hybridized carbons (Fsp3) is 0.700. The minimum atomic E-state index is 0.180. The van der Waals surface area contributed by atoms with E-state index in [0.717, 1.165) is 25.1 Å². The van der Waals surface area contributed by atoms with Gasteiger partial charge in [-0.25, -0.2) is 0 Å². The second kappa shape index (κ2) is 4.75. The molecule has 1 heterocycles. The molecule has 0 radical (unpaired) electrons. The van der Waals surface area contributed by atoms with Crippen molar-refractivity contribution in [2.75, 3.05) is 0 Å². The lowest BCUT2D eigenvalue weighted by Crippen LogP contribution is -1.97. The highest BCUT2D eigenvalue weighted by Gasteiger charge is 2.11. The quantitative estimate of drug-likeness (QED) is 0.571. The zero-order valence-corrected chi connectivity index (χ0v) is 9.61. The summed E-state index contributed by atoms with van der Waals surface area (Å²) in [5.41, 5.74) is 1.35. The van der Waals surface area contributed by atoms with Crippen LogP contribution >= 0.6 is 11.6 Å². The Balaban J connectivity index is 2.04. The Hall–Kier alpha value is -0.900. The van der Waals surface area contributed by atoms with Gasteiger partial charge in [0.1, 0.15) is 0 Å². The number of alkyl halides is 1. The highest BCUT2D eigenvalue weighted by molar-refractivity contribution is 6.21. The Morgan fingerprint density at radius 1 is 1.53 bits per heavy atom. The van der Waals surface area contributed by atoms with E-state index in [1.165, 1.54) is 23.2 Å². The van der Waals surface area contributed by atoms with Gasteiger partial charge >= 0.3 is 0 Å². The molecule has 1 aliphatic rings. The van der Waals surface area contributed by atoms with E-state index in [1.54, 1.807) is 7.05 Å². The van der Waals surface area contributed by atoms with Crippen molar-refractivity contribution >= 4 is 11.6 Å². The third-order valence-electron chi connectivity index (χ3n) is 2.58. The lowest BCUT2D eigenvalue weighted by Gasteiger charge is -2.01. The minimum absolute atomic E-state index is 0.180. The van der Waals surface area contributed by atoms with Crippen LogP contribution in [-0.4, -0.2) is 25.6 Å². The predicted octanol–water partition coefficient (Wildman–Crippen LogP) is 1.86. The van der Waals surface area contributed by atoms with Crippen LogP contribution in [-0.2, 0) is 13.5 Å². The number of aromatic nitrogens is 4. The van der Waals surface area contributed by atoms with Gasteiger partial charge in [-0.1, -0.05) is 18.1 Å². The van der Waals surface area contributed by atoms with E-state index in [9.17, 15) is 0 Å². The van der Waals surface area contributed by atoms with Crippen molar-refractivity contribution in [1.29, 1.82) is 0 Å². The molecule has 0 aliphatic heterocycles. The van der Waals surface area contributed by atoms with Gasteiger partial charge in [0.15, 0.2) is 5.82 Å². The molecule has 1 unspecified atom stereocenters. The molecule has 0 spiro atoms. The van der Waals surface area contributed by atoms with Crippen LogP contribution < -0.4 is 0 Å². The molecule has 0 saturated heterocycles. The van der Waals surface area contributed by atoms with Gasteiger partial charge in [0.05, 0.1) is 12.4 Å². The van der Waals surface area contributed by atoms with Crippen molar-refractivity contribution in [1.82, 2.24) is 20.2 Å². The summed E-state index contributed by atoms with van der Waals surface area (Å²) in [4.78, 5) is 1.49. The van der Waals surface area contributed by atoms with Crippen molar-refractivity contribution in [3.63, 3.8) is 0 Å². The maximum absolute atomic E-state index is 6.15. The van der Waals surface area contributed by atoms with E-state index in [-0.39, 0.29) is 5.38 Å². The summed E-state index contributed by atoms with van der Waals surface area (Å²) in [6, 6.07) is 0. The second-order valence-corrected chi connectivity index (χ2v) is 4.52. The van der Waals surface area contributed by atoms with Gasteiger partial charge < -0.3 is 0 Å². The molecule has 0 N–H and O–H groups in total. The van der Waals surface area contributed by atoms with Crippen molar-refractivity contribution in [2.45, 2.75) is 37.5 Å². The molecule has 1 aromatic heterocycles. The summed E-state index contributed by atoms with van der Waals surface area (Å²) in [5, 5.41) is 12.2. The number of nitrogens with zero attached hydrogens (tertiary/aromatic N) is 4. The molecule has 1 atom stereocenters. The first kappa shape index (κ1) is 10.6. The first-order chi connectivity index (χ1) is 7.24. The molecule has 0 fully saturated rings. The van der Waals surface area contributed by atoms with E-state index in [4.69, 9.17) is 11.6 Å². The lowest BCUT2D eigenvalue weighted by atomic mass is 10.1. The molecular weight excluding hydrogens is 212 g/mol. The standard InChI is InChI=1S/C10H15ClN4/c1-15-13-10(12-14-15)7-8-4-2-3-5-9(11)6-8/h6,9H,2-5,7H2,1H3. The second-order valence-electron chi connectivity index (χ2n) is 3.96. The Bertz CT molecular complexity index is 358. The Kier molecular flexibility index (Phi) is 3.36. The van der Waals surface area contributed by atoms with Crippen LogP contribution in [0.4, 0.5) is 0 Å². The Morgan fingerprint density at radius 3 is 3.13 bits per heavy atom. The highest BCUT2D eigenvalue weighted by atomic mass is 35.5. The first-order valence-corrected chi connectivity index (χ1v) is 5.74. The lowest BCUT2D eigenvalue weighted by molar-refractivity contribution is 0.627. The molecule has 2 rings (SSSR count). The SMILES string of the molecule is Cn1nnc(CC2=CC(Cl)CCCC2)n1. The smallest absolute Gasteiger partial charge is 0.167 e. The van der Waals surface area contributed by atoms with Gasteiger partial charge in [0, 0.05) is 6.42 Å². The van der Waals surface area contributed by atoms with Gasteiger partial charge in [0.25, 0.3) is 0 Å². The minimum Gasteiger partial charge on any atom is -0.167 e. The number of rotatable bonds is 2. The zero-order valence-electron chi connectivity index (χ0n) is 8.86. The van der Waals surface area contributed by atoms with Crippen LogP contribution in [0, 0.1) is 0 Å². The van der Waals surface area contributed by atoms with Crippen molar-refractivity contribution in [2.24, 2.45) is 7.05 Å². The van der Waals surface area contributed by atoms with Crippen molar-refractivity contribution in [3.05, 3.63) is 17.5 Å². The summed E-state index contributed by atoms with van der Waals surface area (Å²) >= 11 is 6.15. The topological polar surface area (TPSA) is 43.6 Å². The largest absolute Gasteiger partial charge is 0.178 e. The van der Waals surface area contributed by atoms with Crippen LogP contribution in [0.15, 0.2) is 11.6 Å². The van der Waals surface area contributed by atoms with E-state index in [1.807, 2.05) is 0 Å². The third-order valence-corrected chi connectivity index (χ3v) is 2.92. The molecule has 0 aromatic carbocycles. The predicted molar refractivity (Wildman–Crippen MR) is 58.7 cm³/mol. The van der Waals surface area contributed by atoms with Crippen molar-refractivity contribution in [3.8, 4) is 0 Å². The summed E-state index contributed by atoms with van der Waals surface area (Å²) in [5.74, 6) is 0.787. The van der Waals surface area contributed by atoms with Gasteiger partial charge in [-0.3, -0.25) is 0 Å². The fourth-order valence-corrected chi connectivity index (χ4v) is 2.19. The summed E-state index contributed by atoms with van der Waals surface area (Å²) in [6.07, 6.45) is 7.57. The normalized spacial score (nSPS) is 22.3. The number of tetrazole rings is 1. The van der Waals surface area contributed by atoms with Gasteiger partial charge in [-0.15, -0.1) is 21.8 Å². The molecule has 1 aromatic rings. The molecular formula is C10H15ClN4. The zero-order chi connectivity index (χ0) is 10.7. The molecule has 15 heavy (non-hydrogen) atoms. The van der Waals surface area contributed by atoms with E-state index >= 15 is 0 Å². The maximum Gasteiger partial charge on any atom is 0.178 e. The molecule has 5 heteroatoms. The highest BCUT2D eigenvalue weighted by Crippen LogP contribution is 2.22. The van der Waals surface area contributed by atoms with Crippen LogP contribution in [0.25, 0.3) is 0 Å². The summed E-state index contributed by atoms with van der Waals surface area (Å²) in [7, 11) is 1.78. The molecule has 4 nitrogen and oxygen atoms in total. The Morgan fingerprint density at radius 2 is 2.40 bits per heavy atom. The third kappa shape index (κ3) is 3.02. The van der Waals surface area contributed by atoms with E-state index in [0.29, 0.717) is 0 Å². The van der Waals surface area contributed by atoms with Gasteiger partial charge in [0.2, 0.25) is 0 Å². The van der Waals surface area contributed by atoms with E-state index in [2.05, 4.69) is 21.5 Å². The maximum atomic E-state index is 6.15. The van der Waals surface area contributed by atoms with Crippen LogP contribution in [0.2, 0.25) is 0 Å². The van der Waals surface area contributed by atoms with Crippen molar-refractivity contribution < 1.29 is 0 Å². The molecule has 1 aliphatic carbocycles. The number of aryl methyl sites for hydroxylation is 1. The van der Waals surface area contributed by atoms with Gasteiger partial charge in [-0.2, -0.15) is 4.80 Å². The molecule has 82 valence electrons. The molecule has 0 saturated carbocycles. The fourth-order valence-electron chi connectivity index (χ4n) is 1.86. The number of hydrogen-bond donors (Lipinski definition) is 0. The summed E-state index contributed by atoms with van der Waals surface area (Å²) < 4.78 is 0. The van der Waals surface area contributed by atoms with E-state index < -0.39 is 0 Å². The molecule has 0 bridgehead atoms. The molecule has 0 amide bonds. The number of halogens is 1. The number of allylic oxidation sites excluding steroid dienone is 2. The monoisotopic (exact) mass is 226 g/mol. The average Bonchev–Trinajstić information content (AvgIpc) is 2.46. The summed E-state index contributed by atoms with van der Waals surface area (Å²) in [6.45, 7) is 0. The van der Waals surface area contributed by atoms with Crippen LogP contribution in [0.3, 0.4) is 0 Å². The number of hydrogen-bond acceptors (Lipinski definition) is 3. The first-order valence-electron chi connectivity index (χ1n) is 5.30.